The van der Waals surface area contributed by atoms with Gasteiger partial charge in [-0.3, -0.25) is 4.79 Å². The minimum absolute atomic E-state index is 0.0890. The fourth-order valence-electron chi connectivity index (χ4n) is 2.43. The van der Waals surface area contributed by atoms with Crippen molar-refractivity contribution in [2.45, 2.75) is 38.7 Å². The monoisotopic (exact) mass is 256 g/mol. The molecule has 0 radical (unpaired) electrons. The van der Waals surface area contributed by atoms with Gasteiger partial charge in [0.25, 0.3) is 0 Å². The number of hydrogen-bond acceptors (Lipinski definition) is 2. The Bertz CT molecular complexity index is 577. The number of Topliss-reactive ketones (excluding diaryl/α,β-unsaturated/α-hetero) is 1. The molecule has 2 aromatic carbocycles. The van der Waals surface area contributed by atoms with Gasteiger partial charge in [-0.05, 0) is 29.2 Å². The van der Waals surface area contributed by atoms with Crippen molar-refractivity contribution < 1.29 is 9.90 Å². The standard InChI is InChI=1S/C17H20O2/c1-3-17(19,4-2)16(18)12-14-10-7-9-13-8-5-6-11-15(13)14/h5-11,19H,3-4,12H2,1-2H3. The molecular formula is C17H20O2. The Labute approximate surface area is 114 Å². The highest BCUT2D eigenvalue weighted by Gasteiger charge is 2.31. The van der Waals surface area contributed by atoms with Crippen LogP contribution in [0.15, 0.2) is 42.5 Å². The second-order valence-electron chi connectivity index (χ2n) is 4.98. The van der Waals surface area contributed by atoms with Crippen LogP contribution in [0.5, 0.6) is 0 Å². The van der Waals surface area contributed by atoms with E-state index in [1.807, 2.05) is 56.3 Å². The van der Waals surface area contributed by atoms with Crippen LogP contribution in [-0.2, 0) is 11.2 Å². The van der Waals surface area contributed by atoms with Gasteiger partial charge in [0, 0.05) is 6.42 Å². The van der Waals surface area contributed by atoms with Crippen molar-refractivity contribution in [2.24, 2.45) is 0 Å². The minimum Gasteiger partial charge on any atom is -0.382 e. The third-order valence-electron chi connectivity index (χ3n) is 3.92. The number of hydrogen-bond donors (Lipinski definition) is 1. The maximum Gasteiger partial charge on any atom is 0.168 e. The van der Waals surface area contributed by atoms with Gasteiger partial charge in [-0.2, -0.15) is 0 Å². The van der Waals surface area contributed by atoms with Crippen LogP contribution in [0.2, 0.25) is 0 Å². The lowest BCUT2D eigenvalue weighted by molar-refractivity contribution is -0.137. The highest BCUT2D eigenvalue weighted by atomic mass is 16.3. The molecule has 0 spiro atoms. The molecule has 0 saturated heterocycles. The molecular weight excluding hydrogens is 236 g/mol. The fourth-order valence-corrected chi connectivity index (χ4v) is 2.43. The van der Waals surface area contributed by atoms with Crippen LogP contribution in [0.3, 0.4) is 0 Å². The van der Waals surface area contributed by atoms with Crippen LogP contribution >= 0.6 is 0 Å². The fraction of sp³-hybridized carbons (Fsp3) is 0.353. The maximum absolute atomic E-state index is 12.3. The van der Waals surface area contributed by atoms with E-state index in [-0.39, 0.29) is 5.78 Å². The van der Waals surface area contributed by atoms with Crippen molar-refractivity contribution in [1.82, 2.24) is 0 Å². The summed E-state index contributed by atoms with van der Waals surface area (Å²) in [6, 6.07) is 14.0. The molecule has 2 nitrogen and oxygen atoms in total. The molecule has 0 amide bonds. The van der Waals surface area contributed by atoms with E-state index in [0.717, 1.165) is 16.3 Å². The van der Waals surface area contributed by atoms with Crippen molar-refractivity contribution in [1.29, 1.82) is 0 Å². The molecule has 1 N–H and O–H groups in total. The number of fused-ring (bicyclic) bond motifs is 1. The van der Waals surface area contributed by atoms with Gasteiger partial charge in [0.2, 0.25) is 0 Å². The number of ketones is 1. The van der Waals surface area contributed by atoms with Crippen molar-refractivity contribution >= 4 is 16.6 Å². The Morgan fingerprint density at radius 1 is 1.05 bits per heavy atom. The molecule has 0 atom stereocenters. The van der Waals surface area contributed by atoms with E-state index in [0.29, 0.717) is 19.3 Å². The lowest BCUT2D eigenvalue weighted by Gasteiger charge is -2.23. The average molecular weight is 256 g/mol. The van der Waals surface area contributed by atoms with Gasteiger partial charge < -0.3 is 5.11 Å². The number of benzene rings is 2. The highest BCUT2D eigenvalue weighted by Crippen LogP contribution is 2.23. The largest absolute Gasteiger partial charge is 0.382 e. The first-order valence-electron chi connectivity index (χ1n) is 6.83. The molecule has 19 heavy (non-hydrogen) atoms. The Kier molecular flexibility index (Phi) is 4.01. The van der Waals surface area contributed by atoms with Crippen LogP contribution in [0, 0.1) is 0 Å². The summed E-state index contributed by atoms with van der Waals surface area (Å²) >= 11 is 0. The molecule has 0 fully saturated rings. The lowest BCUT2D eigenvalue weighted by atomic mass is 9.87. The van der Waals surface area contributed by atoms with Crippen molar-refractivity contribution in [3.63, 3.8) is 0 Å². The third kappa shape index (κ3) is 2.69. The Morgan fingerprint density at radius 2 is 1.68 bits per heavy atom. The summed E-state index contributed by atoms with van der Waals surface area (Å²) < 4.78 is 0. The van der Waals surface area contributed by atoms with Crippen LogP contribution in [-0.4, -0.2) is 16.5 Å². The predicted octanol–water partition coefficient (Wildman–Crippen LogP) is 3.50. The molecule has 0 aromatic heterocycles. The number of rotatable bonds is 5. The van der Waals surface area contributed by atoms with Crippen LogP contribution in [0.4, 0.5) is 0 Å². The summed E-state index contributed by atoms with van der Waals surface area (Å²) in [5.74, 6) is -0.0890. The summed E-state index contributed by atoms with van der Waals surface area (Å²) in [5, 5.41) is 12.5. The van der Waals surface area contributed by atoms with Crippen LogP contribution < -0.4 is 0 Å². The molecule has 2 aromatic rings. The Morgan fingerprint density at radius 3 is 2.37 bits per heavy atom. The first-order chi connectivity index (χ1) is 9.10. The van der Waals surface area contributed by atoms with Gasteiger partial charge in [0.05, 0.1) is 0 Å². The van der Waals surface area contributed by atoms with Gasteiger partial charge in [-0.15, -0.1) is 0 Å². The lowest BCUT2D eigenvalue weighted by Crippen LogP contribution is -2.38. The number of aliphatic hydroxyl groups is 1. The van der Waals surface area contributed by atoms with Gasteiger partial charge in [0.15, 0.2) is 5.78 Å². The summed E-state index contributed by atoms with van der Waals surface area (Å²) in [6.07, 6.45) is 1.22. The van der Waals surface area contributed by atoms with Gasteiger partial charge in [-0.25, -0.2) is 0 Å². The highest BCUT2D eigenvalue weighted by molar-refractivity contribution is 5.94. The molecule has 100 valence electrons. The van der Waals surface area contributed by atoms with E-state index in [1.54, 1.807) is 0 Å². The van der Waals surface area contributed by atoms with E-state index in [9.17, 15) is 9.90 Å². The summed E-state index contributed by atoms with van der Waals surface area (Å²) in [4.78, 5) is 12.3. The SMILES string of the molecule is CCC(O)(CC)C(=O)Cc1cccc2ccccc12. The molecule has 0 heterocycles. The predicted molar refractivity (Wildman–Crippen MR) is 78.2 cm³/mol. The third-order valence-corrected chi connectivity index (χ3v) is 3.92. The van der Waals surface area contributed by atoms with E-state index in [4.69, 9.17) is 0 Å². The van der Waals surface area contributed by atoms with E-state index < -0.39 is 5.60 Å². The van der Waals surface area contributed by atoms with E-state index in [2.05, 4.69) is 0 Å². The summed E-state index contributed by atoms with van der Waals surface area (Å²) in [5.41, 5.74) is -0.194. The smallest absolute Gasteiger partial charge is 0.168 e. The number of carbonyl (C=O) groups is 1. The zero-order valence-electron chi connectivity index (χ0n) is 11.5. The minimum atomic E-state index is -1.18. The van der Waals surface area contributed by atoms with Crippen LogP contribution in [0.25, 0.3) is 10.8 Å². The van der Waals surface area contributed by atoms with Crippen molar-refractivity contribution in [2.75, 3.05) is 0 Å². The van der Waals surface area contributed by atoms with Gasteiger partial charge in [0.1, 0.15) is 5.60 Å². The molecule has 2 rings (SSSR count). The summed E-state index contributed by atoms with van der Waals surface area (Å²) in [6.45, 7) is 3.70. The molecule has 0 aliphatic carbocycles. The molecule has 0 aliphatic heterocycles. The van der Waals surface area contributed by atoms with Crippen molar-refractivity contribution in [3.05, 3.63) is 48.0 Å². The molecule has 0 saturated carbocycles. The Balaban J connectivity index is 2.34. The second kappa shape index (κ2) is 5.54. The first-order valence-corrected chi connectivity index (χ1v) is 6.83. The first kappa shape index (κ1) is 13.8. The molecule has 2 heteroatoms. The second-order valence-corrected chi connectivity index (χ2v) is 4.98. The zero-order valence-corrected chi connectivity index (χ0v) is 11.5. The zero-order chi connectivity index (χ0) is 13.9. The normalized spacial score (nSPS) is 11.7. The summed E-state index contributed by atoms with van der Waals surface area (Å²) in [7, 11) is 0. The molecule has 0 bridgehead atoms. The van der Waals surface area contributed by atoms with Crippen LogP contribution in [0.1, 0.15) is 32.3 Å². The molecule has 0 unspecified atom stereocenters. The van der Waals surface area contributed by atoms with Gasteiger partial charge in [-0.1, -0.05) is 56.3 Å². The van der Waals surface area contributed by atoms with Gasteiger partial charge >= 0.3 is 0 Å². The number of carbonyl (C=O) groups excluding carboxylic acids is 1. The Hall–Kier alpha value is -1.67. The van der Waals surface area contributed by atoms with E-state index >= 15 is 0 Å². The average Bonchev–Trinajstić information content (AvgIpc) is 2.46. The maximum atomic E-state index is 12.3. The van der Waals surface area contributed by atoms with E-state index in [1.165, 1.54) is 0 Å². The topological polar surface area (TPSA) is 37.3 Å². The van der Waals surface area contributed by atoms with Crippen molar-refractivity contribution in [3.8, 4) is 0 Å². The molecule has 0 aliphatic rings. The quantitative estimate of drug-likeness (QED) is 0.889.